The lowest BCUT2D eigenvalue weighted by Crippen LogP contribution is -2.40. The van der Waals surface area contributed by atoms with E-state index in [2.05, 4.69) is 25.2 Å². The molecule has 3 nitrogen and oxygen atoms in total. The third-order valence-electron chi connectivity index (χ3n) is 3.37. The van der Waals surface area contributed by atoms with Gasteiger partial charge in [0.2, 0.25) is 0 Å². The summed E-state index contributed by atoms with van der Waals surface area (Å²) >= 11 is 0. The minimum atomic E-state index is -0.363. The summed E-state index contributed by atoms with van der Waals surface area (Å²) in [5.74, 6) is 0.649. The Hall–Kier alpha value is -0.590. The van der Waals surface area contributed by atoms with Crippen LogP contribution in [0.25, 0.3) is 0 Å². The Labute approximate surface area is 107 Å². The van der Waals surface area contributed by atoms with Crippen LogP contribution in [0.2, 0.25) is 0 Å². The second-order valence-electron chi connectivity index (χ2n) is 4.87. The number of rotatable bonds is 10. The van der Waals surface area contributed by atoms with Crippen molar-refractivity contribution in [3.8, 4) is 6.07 Å². The Balaban J connectivity index is 3.67. The van der Waals surface area contributed by atoms with Crippen molar-refractivity contribution in [2.75, 3.05) is 20.3 Å². The lowest BCUT2D eigenvalue weighted by Gasteiger charge is -2.24. The maximum atomic E-state index is 9.14. The smallest absolute Gasteiger partial charge is 0.106 e. The molecule has 0 aliphatic heterocycles. The highest BCUT2D eigenvalue weighted by Gasteiger charge is 2.24. The normalized spacial score (nSPS) is 16.2. The topological polar surface area (TPSA) is 45.0 Å². The summed E-state index contributed by atoms with van der Waals surface area (Å²) in [5, 5.41) is 12.3. The summed E-state index contributed by atoms with van der Waals surface area (Å²) in [7, 11) is 1.86. The third-order valence-corrected chi connectivity index (χ3v) is 3.37. The van der Waals surface area contributed by atoms with Gasteiger partial charge >= 0.3 is 0 Å². The van der Waals surface area contributed by atoms with Crippen molar-refractivity contribution in [1.29, 1.82) is 5.26 Å². The lowest BCUT2D eigenvalue weighted by molar-refractivity contribution is 0.0951. The van der Waals surface area contributed by atoms with Gasteiger partial charge in [-0.05, 0) is 38.6 Å². The van der Waals surface area contributed by atoms with Gasteiger partial charge in [0.15, 0.2) is 0 Å². The maximum absolute atomic E-state index is 9.14. The predicted molar refractivity (Wildman–Crippen MR) is 71.8 cm³/mol. The van der Waals surface area contributed by atoms with Crippen molar-refractivity contribution in [2.24, 2.45) is 5.92 Å². The molecule has 2 unspecified atom stereocenters. The van der Waals surface area contributed by atoms with E-state index < -0.39 is 0 Å². The molecule has 100 valence electrons. The van der Waals surface area contributed by atoms with Crippen molar-refractivity contribution >= 4 is 0 Å². The molecule has 0 aromatic carbocycles. The minimum absolute atomic E-state index is 0.363. The van der Waals surface area contributed by atoms with E-state index in [0.717, 1.165) is 32.5 Å². The van der Waals surface area contributed by atoms with Crippen LogP contribution in [0.1, 0.15) is 52.9 Å². The number of nitrogens with zero attached hydrogens (tertiary/aromatic N) is 1. The molecule has 0 aliphatic rings. The molecule has 0 saturated carbocycles. The van der Waals surface area contributed by atoms with E-state index in [4.69, 9.17) is 10.00 Å². The first kappa shape index (κ1) is 16.4. The lowest BCUT2D eigenvalue weighted by atomic mass is 9.92. The molecule has 0 fully saturated rings. The van der Waals surface area contributed by atoms with Crippen molar-refractivity contribution in [1.82, 2.24) is 5.32 Å². The SMILES string of the molecule is CCCC(C)COCCCC(C#N)(CC)NC. The molecule has 0 radical (unpaired) electrons. The molecule has 0 amide bonds. The molecule has 0 aromatic rings. The monoisotopic (exact) mass is 240 g/mol. The van der Waals surface area contributed by atoms with Crippen LogP contribution >= 0.6 is 0 Å². The third kappa shape index (κ3) is 6.65. The van der Waals surface area contributed by atoms with Gasteiger partial charge in [0.05, 0.1) is 6.07 Å². The van der Waals surface area contributed by atoms with Crippen LogP contribution in [0.3, 0.4) is 0 Å². The van der Waals surface area contributed by atoms with Crippen LogP contribution in [0.5, 0.6) is 0 Å². The number of hydrogen-bond acceptors (Lipinski definition) is 3. The van der Waals surface area contributed by atoms with Crippen LogP contribution in [-0.4, -0.2) is 25.8 Å². The van der Waals surface area contributed by atoms with Gasteiger partial charge in [-0.1, -0.05) is 27.2 Å². The summed E-state index contributed by atoms with van der Waals surface area (Å²) in [5.41, 5.74) is -0.363. The Morgan fingerprint density at radius 3 is 2.59 bits per heavy atom. The molecule has 0 bridgehead atoms. The van der Waals surface area contributed by atoms with Crippen molar-refractivity contribution in [3.63, 3.8) is 0 Å². The molecular weight excluding hydrogens is 212 g/mol. The van der Waals surface area contributed by atoms with Gasteiger partial charge in [-0.15, -0.1) is 0 Å². The average Bonchev–Trinajstić information content (AvgIpc) is 2.35. The van der Waals surface area contributed by atoms with Gasteiger partial charge in [-0.2, -0.15) is 5.26 Å². The van der Waals surface area contributed by atoms with Crippen LogP contribution in [0.4, 0.5) is 0 Å². The van der Waals surface area contributed by atoms with E-state index in [1.54, 1.807) is 0 Å². The zero-order chi connectivity index (χ0) is 13.1. The molecule has 0 aliphatic carbocycles. The van der Waals surface area contributed by atoms with Crippen LogP contribution in [0.15, 0.2) is 0 Å². The molecule has 0 aromatic heterocycles. The first-order valence-corrected chi connectivity index (χ1v) is 6.82. The summed E-state index contributed by atoms with van der Waals surface area (Å²) in [6.07, 6.45) is 5.09. The highest BCUT2D eigenvalue weighted by atomic mass is 16.5. The highest BCUT2D eigenvalue weighted by molar-refractivity contribution is 5.05. The standard InChI is InChI=1S/C14H28N2O/c1-5-8-13(3)11-17-10-7-9-14(6-2,12-15)16-4/h13,16H,5-11H2,1-4H3. The number of nitriles is 1. The van der Waals surface area contributed by atoms with E-state index in [1.165, 1.54) is 12.8 Å². The summed E-state index contributed by atoms with van der Waals surface area (Å²) in [6, 6.07) is 2.37. The fourth-order valence-corrected chi connectivity index (χ4v) is 2.01. The Morgan fingerprint density at radius 2 is 2.12 bits per heavy atom. The molecule has 3 heteroatoms. The molecule has 0 saturated heterocycles. The average molecular weight is 240 g/mol. The molecule has 17 heavy (non-hydrogen) atoms. The zero-order valence-corrected chi connectivity index (χ0v) is 11.9. The molecule has 2 atom stereocenters. The van der Waals surface area contributed by atoms with Gasteiger partial charge in [-0.25, -0.2) is 0 Å². The zero-order valence-electron chi connectivity index (χ0n) is 11.9. The summed E-state index contributed by atoms with van der Waals surface area (Å²) in [4.78, 5) is 0. The fraction of sp³-hybridized carbons (Fsp3) is 0.929. The van der Waals surface area contributed by atoms with Crippen LogP contribution < -0.4 is 5.32 Å². The number of nitrogens with one attached hydrogen (secondary N) is 1. The Morgan fingerprint density at radius 1 is 1.41 bits per heavy atom. The van der Waals surface area contributed by atoms with E-state index in [1.807, 2.05) is 14.0 Å². The van der Waals surface area contributed by atoms with Crippen LogP contribution in [0, 0.1) is 17.2 Å². The quantitative estimate of drug-likeness (QED) is 0.597. The van der Waals surface area contributed by atoms with Gasteiger partial charge in [-0.3, -0.25) is 0 Å². The second-order valence-corrected chi connectivity index (χ2v) is 4.87. The summed E-state index contributed by atoms with van der Waals surface area (Å²) in [6.45, 7) is 8.08. The Kier molecular flexibility index (Phi) is 9.11. The van der Waals surface area contributed by atoms with Crippen molar-refractivity contribution in [3.05, 3.63) is 0 Å². The van der Waals surface area contributed by atoms with E-state index in [0.29, 0.717) is 5.92 Å². The number of hydrogen-bond donors (Lipinski definition) is 1. The van der Waals surface area contributed by atoms with E-state index in [-0.39, 0.29) is 5.54 Å². The molecule has 1 N–H and O–H groups in total. The van der Waals surface area contributed by atoms with Crippen molar-refractivity contribution < 1.29 is 4.74 Å². The van der Waals surface area contributed by atoms with Gasteiger partial charge in [0.1, 0.15) is 5.54 Å². The highest BCUT2D eigenvalue weighted by Crippen LogP contribution is 2.16. The second kappa shape index (κ2) is 9.44. The molecular formula is C14H28N2O. The minimum Gasteiger partial charge on any atom is -0.381 e. The Bertz CT molecular complexity index is 219. The van der Waals surface area contributed by atoms with Crippen molar-refractivity contribution in [2.45, 2.75) is 58.4 Å². The molecule has 0 rings (SSSR count). The van der Waals surface area contributed by atoms with E-state index in [9.17, 15) is 0 Å². The fourth-order valence-electron chi connectivity index (χ4n) is 2.01. The maximum Gasteiger partial charge on any atom is 0.106 e. The molecule has 0 spiro atoms. The first-order valence-electron chi connectivity index (χ1n) is 6.82. The van der Waals surface area contributed by atoms with Crippen LogP contribution in [-0.2, 0) is 4.74 Å². The van der Waals surface area contributed by atoms with Gasteiger partial charge in [0.25, 0.3) is 0 Å². The van der Waals surface area contributed by atoms with Gasteiger partial charge < -0.3 is 10.1 Å². The molecule has 0 heterocycles. The number of ether oxygens (including phenoxy) is 1. The predicted octanol–water partition coefficient (Wildman–Crippen LogP) is 3.11. The van der Waals surface area contributed by atoms with Gasteiger partial charge in [0, 0.05) is 13.2 Å². The largest absolute Gasteiger partial charge is 0.381 e. The summed E-state index contributed by atoms with van der Waals surface area (Å²) < 4.78 is 5.64. The van der Waals surface area contributed by atoms with E-state index >= 15 is 0 Å². The first-order chi connectivity index (χ1) is 8.14.